The molecule has 0 amide bonds. The van der Waals surface area contributed by atoms with Gasteiger partial charge in [-0.15, -0.1) is 0 Å². The van der Waals surface area contributed by atoms with Crippen LogP contribution in [-0.2, 0) is 10.0 Å². The molecule has 0 radical (unpaired) electrons. The zero-order chi connectivity index (χ0) is 15.7. The lowest BCUT2D eigenvalue weighted by atomic mass is 10.2. The lowest BCUT2D eigenvalue weighted by molar-refractivity contribution is 0.591. The van der Waals surface area contributed by atoms with E-state index in [1.807, 2.05) is 26.0 Å². The molecule has 6 nitrogen and oxygen atoms in total. The normalized spacial score (nSPS) is 12.0. The van der Waals surface area contributed by atoms with Gasteiger partial charge in [0.05, 0.1) is 11.8 Å². The number of pyridine rings is 1. The Morgan fingerprint density at radius 1 is 1.18 bits per heavy atom. The molecule has 3 rings (SSSR count). The van der Waals surface area contributed by atoms with E-state index in [9.17, 15) is 8.42 Å². The van der Waals surface area contributed by atoms with Crippen LogP contribution in [0.4, 0.5) is 5.69 Å². The molecule has 0 fully saturated rings. The van der Waals surface area contributed by atoms with Gasteiger partial charge in [-0.1, -0.05) is 6.07 Å². The maximum absolute atomic E-state index is 12.4. The summed E-state index contributed by atoms with van der Waals surface area (Å²) in [5.41, 5.74) is 1.30. The Morgan fingerprint density at radius 2 is 2.00 bits per heavy atom. The zero-order valence-electron chi connectivity index (χ0n) is 12.3. The Kier molecular flexibility index (Phi) is 3.58. The fourth-order valence-corrected chi connectivity index (χ4v) is 3.07. The van der Waals surface area contributed by atoms with Crippen molar-refractivity contribution in [1.29, 1.82) is 0 Å². The smallest absolute Gasteiger partial charge is 0.280 e. The van der Waals surface area contributed by atoms with E-state index in [4.69, 9.17) is 0 Å². The molecule has 22 heavy (non-hydrogen) atoms. The summed E-state index contributed by atoms with van der Waals surface area (Å²) in [6.45, 7) is 3.92. The molecule has 1 aromatic carbocycles. The predicted molar refractivity (Wildman–Crippen MR) is 85.2 cm³/mol. The van der Waals surface area contributed by atoms with E-state index in [2.05, 4.69) is 14.7 Å². The first-order valence-corrected chi connectivity index (χ1v) is 8.35. The lowest BCUT2D eigenvalue weighted by Gasteiger charge is -2.07. The van der Waals surface area contributed by atoms with Crippen molar-refractivity contribution in [2.75, 3.05) is 4.72 Å². The summed E-state index contributed by atoms with van der Waals surface area (Å²) in [6, 6.07) is 9.06. The molecule has 2 aromatic heterocycles. The molecule has 7 heteroatoms. The van der Waals surface area contributed by atoms with Crippen LogP contribution >= 0.6 is 0 Å². The van der Waals surface area contributed by atoms with Crippen LogP contribution in [0.3, 0.4) is 0 Å². The molecule has 0 unspecified atom stereocenters. The van der Waals surface area contributed by atoms with E-state index in [-0.39, 0.29) is 11.1 Å². The van der Waals surface area contributed by atoms with Crippen LogP contribution in [0.2, 0.25) is 0 Å². The lowest BCUT2D eigenvalue weighted by Crippen LogP contribution is -2.13. The zero-order valence-corrected chi connectivity index (χ0v) is 13.1. The van der Waals surface area contributed by atoms with Crippen LogP contribution in [-0.4, -0.2) is 23.0 Å². The van der Waals surface area contributed by atoms with Gasteiger partial charge in [-0.05, 0) is 38.1 Å². The molecule has 114 valence electrons. The largest absolute Gasteiger partial charge is 0.334 e. The average molecular weight is 316 g/mol. The number of imidazole rings is 1. The van der Waals surface area contributed by atoms with E-state index in [1.54, 1.807) is 29.0 Å². The first kappa shape index (κ1) is 14.5. The highest BCUT2D eigenvalue weighted by Gasteiger charge is 2.18. The molecule has 2 heterocycles. The third-order valence-electron chi connectivity index (χ3n) is 3.30. The topological polar surface area (TPSA) is 76.9 Å². The highest BCUT2D eigenvalue weighted by molar-refractivity contribution is 7.92. The van der Waals surface area contributed by atoms with E-state index in [1.165, 1.54) is 12.5 Å². The molecule has 0 atom stereocenters. The summed E-state index contributed by atoms with van der Waals surface area (Å²) >= 11 is 0. The van der Waals surface area contributed by atoms with Gasteiger partial charge >= 0.3 is 0 Å². The van der Waals surface area contributed by atoms with Gasteiger partial charge in [0, 0.05) is 29.5 Å². The van der Waals surface area contributed by atoms with E-state index >= 15 is 0 Å². The SMILES string of the molecule is CC(C)n1cnc(S(=O)(=O)Nc2ccc3ncccc3c2)c1. The predicted octanol–water partition coefficient (Wildman–Crippen LogP) is 2.81. The van der Waals surface area contributed by atoms with E-state index < -0.39 is 10.0 Å². The monoisotopic (exact) mass is 316 g/mol. The molecule has 0 bridgehead atoms. The van der Waals surface area contributed by atoms with Gasteiger partial charge in [-0.3, -0.25) is 9.71 Å². The van der Waals surface area contributed by atoms with Crippen LogP contribution in [0.15, 0.2) is 54.1 Å². The Bertz CT molecular complexity index is 916. The number of hydrogen-bond acceptors (Lipinski definition) is 4. The maximum atomic E-state index is 12.4. The van der Waals surface area contributed by atoms with Crippen LogP contribution < -0.4 is 4.72 Å². The Balaban J connectivity index is 1.91. The minimum absolute atomic E-state index is 0.00693. The number of fused-ring (bicyclic) bond motifs is 1. The van der Waals surface area contributed by atoms with Crippen LogP contribution in [0.5, 0.6) is 0 Å². The first-order valence-electron chi connectivity index (χ1n) is 6.87. The third-order valence-corrected chi connectivity index (χ3v) is 4.57. The Labute approximate surface area is 128 Å². The molecule has 0 aliphatic rings. The van der Waals surface area contributed by atoms with Crippen molar-refractivity contribution >= 4 is 26.6 Å². The van der Waals surface area contributed by atoms with Gasteiger partial charge in [0.25, 0.3) is 10.0 Å². The van der Waals surface area contributed by atoms with E-state index in [0.717, 1.165) is 10.9 Å². The highest BCUT2D eigenvalue weighted by atomic mass is 32.2. The number of nitrogens with zero attached hydrogens (tertiary/aromatic N) is 3. The van der Waals surface area contributed by atoms with Crippen molar-refractivity contribution in [2.45, 2.75) is 24.9 Å². The molecule has 0 saturated heterocycles. The van der Waals surface area contributed by atoms with E-state index in [0.29, 0.717) is 5.69 Å². The first-order chi connectivity index (χ1) is 10.5. The Hall–Kier alpha value is -2.41. The molecule has 1 N–H and O–H groups in total. The summed E-state index contributed by atoms with van der Waals surface area (Å²) in [5.74, 6) is 0. The third kappa shape index (κ3) is 2.80. The number of nitrogens with one attached hydrogen (secondary N) is 1. The summed E-state index contributed by atoms with van der Waals surface area (Å²) in [6.07, 6.45) is 4.74. The number of benzene rings is 1. The van der Waals surface area contributed by atoms with Crippen LogP contribution in [0.25, 0.3) is 10.9 Å². The number of rotatable bonds is 4. The number of hydrogen-bond donors (Lipinski definition) is 1. The molecular formula is C15H16N4O2S. The Morgan fingerprint density at radius 3 is 2.73 bits per heavy atom. The van der Waals surface area contributed by atoms with Crippen molar-refractivity contribution < 1.29 is 8.42 Å². The standard InChI is InChI=1S/C15H16N4O2S/c1-11(2)19-9-15(17-10-19)22(20,21)18-13-5-6-14-12(8-13)4-3-7-16-14/h3-11,18H,1-2H3. The van der Waals surface area contributed by atoms with Crippen molar-refractivity contribution in [2.24, 2.45) is 0 Å². The minimum Gasteiger partial charge on any atom is -0.334 e. The van der Waals surface area contributed by atoms with Gasteiger partial charge in [0.15, 0.2) is 5.03 Å². The number of anilines is 1. The maximum Gasteiger partial charge on any atom is 0.280 e. The average Bonchev–Trinajstić information content (AvgIpc) is 2.97. The molecule has 0 aliphatic carbocycles. The molecular weight excluding hydrogens is 300 g/mol. The summed E-state index contributed by atoms with van der Waals surface area (Å²) < 4.78 is 29.0. The number of aromatic nitrogens is 3. The summed E-state index contributed by atoms with van der Waals surface area (Å²) in [4.78, 5) is 8.17. The fourth-order valence-electron chi connectivity index (χ4n) is 2.09. The van der Waals surface area contributed by atoms with Gasteiger partial charge in [0.1, 0.15) is 0 Å². The van der Waals surface area contributed by atoms with Gasteiger partial charge in [-0.2, -0.15) is 8.42 Å². The second-order valence-electron chi connectivity index (χ2n) is 5.27. The van der Waals surface area contributed by atoms with Crippen molar-refractivity contribution in [1.82, 2.24) is 14.5 Å². The van der Waals surface area contributed by atoms with Gasteiger partial charge in [-0.25, -0.2) is 4.98 Å². The molecule has 0 spiro atoms. The van der Waals surface area contributed by atoms with Crippen molar-refractivity contribution in [3.63, 3.8) is 0 Å². The van der Waals surface area contributed by atoms with Gasteiger partial charge < -0.3 is 4.57 Å². The molecule has 0 saturated carbocycles. The molecule has 0 aliphatic heterocycles. The second-order valence-corrected chi connectivity index (χ2v) is 6.90. The van der Waals surface area contributed by atoms with Crippen LogP contribution in [0.1, 0.15) is 19.9 Å². The highest BCUT2D eigenvalue weighted by Crippen LogP contribution is 2.20. The second kappa shape index (κ2) is 5.42. The van der Waals surface area contributed by atoms with Crippen LogP contribution in [0, 0.1) is 0 Å². The number of sulfonamides is 1. The van der Waals surface area contributed by atoms with Gasteiger partial charge in [0.2, 0.25) is 0 Å². The fraction of sp³-hybridized carbons (Fsp3) is 0.200. The summed E-state index contributed by atoms with van der Waals surface area (Å²) in [7, 11) is -3.70. The summed E-state index contributed by atoms with van der Waals surface area (Å²) in [5, 5.41) is 0.878. The van der Waals surface area contributed by atoms with Crippen molar-refractivity contribution in [3.8, 4) is 0 Å². The minimum atomic E-state index is -3.70. The molecule has 3 aromatic rings. The quantitative estimate of drug-likeness (QED) is 0.803. The van der Waals surface area contributed by atoms with Crippen molar-refractivity contribution in [3.05, 3.63) is 49.1 Å².